The van der Waals surface area contributed by atoms with Gasteiger partial charge in [-0.25, -0.2) is 4.98 Å². The third kappa shape index (κ3) is 3.23. The van der Waals surface area contributed by atoms with Crippen molar-refractivity contribution in [1.29, 1.82) is 0 Å². The smallest absolute Gasteiger partial charge is 0.134 e. The number of hydrogen-bond acceptors (Lipinski definition) is 2. The Balaban J connectivity index is 1.77. The zero-order valence-corrected chi connectivity index (χ0v) is 12.6. The van der Waals surface area contributed by atoms with Gasteiger partial charge in [0.15, 0.2) is 0 Å². The van der Waals surface area contributed by atoms with Gasteiger partial charge >= 0.3 is 0 Å². The third-order valence-electron chi connectivity index (χ3n) is 3.65. The first-order valence-corrected chi connectivity index (χ1v) is 7.44. The molecule has 1 aromatic heterocycles. The normalized spacial score (nSPS) is 12.5. The molecule has 0 aliphatic heterocycles. The van der Waals surface area contributed by atoms with Crippen LogP contribution in [-0.4, -0.2) is 4.98 Å². The Morgan fingerprint density at radius 2 is 1.76 bits per heavy atom. The molecule has 3 aromatic rings. The average molecular weight is 297 g/mol. The number of benzene rings is 2. The second-order valence-electron chi connectivity index (χ2n) is 5.14. The van der Waals surface area contributed by atoms with Crippen molar-refractivity contribution < 1.29 is 0 Å². The fourth-order valence-corrected chi connectivity index (χ4v) is 2.60. The molecule has 0 amide bonds. The molecule has 0 radical (unpaired) electrons. The largest absolute Gasteiger partial charge is 0.306 e. The van der Waals surface area contributed by atoms with Crippen molar-refractivity contribution in [1.82, 2.24) is 10.3 Å². The van der Waals surface area contributed by atoms with Crippen LogP contribution >= 0.6 is 11.6 Å². The molecule has 1 atom stereocenters. The van der Waals surface area contributed by atoms with Crippen LogP contribution < -0.4 is 5.32 Å². The highest BCUT2D eigenvalue weighted by molar-refractivity contribution is 6.30. The molecule has 0 fully saturated rings. The molecule has 0 aliphatic rings. The fourth-order valence-electron chi connectivity index (χ4n) is 2.38. The molecular formula is C18H17ClN2. The fraction of sp³-hybridized carbons (Fsp3) is 0.167. The zero-order valence-electron chi connectivity index (χ0n) is 11.9. The second kappa shape index (κ2) is 6.25. The van der Waals surface area contributed by atoms with Crippen molar-refractivity contribution in [2.75, 3.05) is 0 Å². The molecule has 0 saturated carbocycles. The third-order valence-corrected chi connectivity index (χ3v) is 3.98. The van der Waals surface area contributed by atoms with Crippen LogP contribution in [-0.2, 0) is 6.54 Å². The maximum Gasteiger partial charge on any atom is 0.134 e. The number of nitrogens with zero attached hydrogens (tertiary/aromatic N) is 1. The molecule has 1 N–H and O–H groups in total. The predicted octanol–water partition coefficient (Wildman–Crippen LogP) is 4.74. The number of nitrogens with one attached hydrogen (secondary N) is 1. The van der Waals surface area contributed by atoms with Crippen LogP contribution in [0, 0.1) is 0 Å². The molecule has 2 aromatic carbocycles. The zero-order chi connectivity index (χ0) is 14.7. The molecule has 3 rings (SSSR count). The minimum atomic E-state index is 0.272. The van der Waals surface area contributed by atoms with E-state index in [1.165, 1.54) is 5.56 Å². The minimum absolute atomic E-state index is 0.272. The van der Waals surface area contributed by atoms with Crippen molar-refractivity contribution in [3.8, 4) is 0 Å². The second-order valence-corrected chi connectivity index (χ2v) is 5.50. The Hall–Kier alpha value is -1.90. The lowest BCUT2D eigenvalue weighted by Crippen LogP contribution is -2.18. The van der Waals surface area contributed by atoms with Gasteiger partial charge in [-0.05, 0) is 24.6 Å². The lowest BCUT2D eigenvalue weighted by atomic mass is 10.1. The quantitative estimate of drug-likeness (QED) is 0.704. The molecule has 0 bridgehead atoms. The van der Waals surface area contributed by atoms with E-state index in [9.17, 15) is 0 Å². The summed E-state index contributed by atoms with van der Waals surface area (Å²) < 4.78 is 0. The van der Waals surface area contributed by atoms with E-state index in [1.807, 2.05) is 24.3 Å². The number of hydrogen-bond donors (Lipinski definition) is 1. The molecule has 3 heteroatoms. The summed E-state index contributed by atoms with van der Waals surface area (Å²) in [6, 6.07) is 20.8. The van der Waals surface area contributed by atoms with Gasteiger partial charge in [0.1, 0.15) is 5.15 Å². The lowest BCUT2D eigenvalue weighted by molar-refractivity contribution is 0.574. The van der Waals surface area contributed by atoms with Crippen LogP contribution in [0.4, 0.5) is 0 Å². The Bertz CT molecular complexity index is 741. The summed E-state index contributed by atoms with van der Waals surface area (Å²) in [7, 11) is 0. The van der Waals surface area contributed by atoms with Crippen molar-refractivity contribution in [2.24, 2.45) is 0 Å². The van der Waals surface area contributed by atoms with E-state index in [4.69, 9.17) is 11.6 Å². The van der Waals surface area contributed by atoms with Gasteiger partial charge in [-0.1, -0.05) is 60.1 Å². The van der Waals surface area contributed by atoms with Gasteiger partial charge in [0.2, 0.25) is 0 Å². The Morgan fingerprint density at radius 1 is 1.05 bits per heavy atom. The number of rotatable bonds is 4. The van der Waals surface area contributed by atoms with E-state index in [-0.39, 0.29) is 6.04 Å². The van der Waals surface area contributed by atoms with Crippen LogP contribution in [0.2, 0.25) is 5.15 Å². The summed E-state index contributed by atoms with van der Waals surface area (Å²) in [4.78, 5) is 4.45. The molecular weight excluding hydrogens is 280 g/mol. The molecule has 1 unspecified atom stereocenters. The maximum atomic E-state index is 6.28. The summed E-state index contributed by atoms with van der Waals surface area (Å²) >= 11 is 6.28. The number of halogens is 1. The van der Waals surface area contributed by atoms with Crippen LogP contribution in [0.1, 0.15) is 24.1 Å². The van der Waals surface area contributed by atoms with E-state index in [1.54, 1.807) is 0 Å². The first-order chi connectivity index (χ1) is 10.2. The van der Waals surface area contributed by atoms with Crippen LogP contribution in [0.5, 0.6) is 0 Å². The Kier molecular flexibility index (Phi) is 4.18. The summed E-state index contributed by atoms with van der Waals surface area (Å²) in [5.41, 5.74) is 3.22. The summed E-state index contributed by atoms with van der Waals surface area (Å²) in [6.07, 6.45) is 0. The number of aromatic nitrogens is 1. The van der Waals surface area contributed by atoms with Crippen LogP contribution in [0.3, 0.4) is 0 Å². The topological polar surface area (TPSA) is 24.9 Å². The first kappa shape index (κ1) is 14.1. The average Bonchev–Trinajstić information content (AvgIpc) is 2.53. The highest BCUT2D eigenvalue weighted by Crippen LogP contribution is 2.21. The van der Waals surface area contributed by atoms with Gasteiger partial charge in [-0.3, -0.25) is 0 Å². The highest BCUT2D eigenvalue weighted by atomic mass is 35.5. The van der Waals surface area contributed by atoms with Crippen molar-refractivity contribution in [2.45, 2.75) is 19.5 Å². The monoisotopic (exact) mass is 296 g/mol. The van der Waals surface area contributed by atoms with Crippen LogP contribution in [0.15, 0.2) is 60.7 Å². The van der Waals surface area contributed by atoms with Gasteiger partial charge in [-0.2, -0.15) is 0 Å². The lowest BCUT2D eigenvalue weighted by Gasteiger charge is -2.15. The summed E-state index contributed by atoms with van der Waals surface area (Å²) in [5, 5.41) is 5.18. The SMILES string of the molecule is CC(NCc1cc2ccccc2nc1Cl)c1ccccc1. The Labute approximate surface area is 129 Å². The van der Waals surface area contributed by atoms with E-state index >= 15 is 0 Å². The van der Waals surface area contributed by atoms with Gasteiger partial charge in [0.05, 0.1) is 5.52 Å². The van der Waals surface area contributed by atoms with E-state index in [2.05, 4.69) is 53.6 Å². The molecule has 21 heavy (non-hydrogen) atoms. The molecule has 0 aliphatic carbocycles. The van der Waals surface area contributed by atoms with Crippen molar-refractivity contribution >= 4 is 22.5 Å². The first-order valence-electron chi connectivity index (χ1n) is 7.06. The highest BCUT2D eigenvalue weighted by Gasteiger charge is 2.08. The van der Waals surface area contributed by atoms with E-state index < -0.39 is 0 Å². The van der Waals surface area contributed by atoms with Gasteiger partial charge in [0, 0.05) is 23.5 Å². The van der Waals surface area contributed by atoms with E-state index in [0.29, 0.717) is 11.7 Å². The predicted molar refractivity (Wildman–Crippen MR) is 88.4 cm³/mol. The van der Waals surface area contributed by atoms with Gasteiger partial charge < -0.3 is 5.32 Å². The Morgan fingerprint density at radius 3 is 2.57 bits per heavy atom. The molecule has 0 spiro atoms. The summed E-state index contributed by atoms with van der Waals surface area (Å²) in [5.74, 6) is 0. The van der Waals surface area contributed by atoms with Gasteiger partial charge in [0.25, 0.3) is 0 Å². The number of para-hydroxylation sites is 1. The van der Waals surface area contributed by atoms with Crippen molar-refractivity contribution in [3.05, 3.63) is 76.9 Å². The number of pyridine rings is 1. The number of fused-ring (bicyclic) bond motifs is 1. The minimum Gasteiger partial charge on any atom is -0.306 e. The molecule has 0 saturated heterocycles. The molecule has 106 valence electrons. The van der Waals surface area contributed by atoms with Crippen molar-refractivity contribution in [3.63, 3.8) is 0 Å². The van der Waals surface area contributed by atoms with Crippen LogP contribution in [0.25, 0.3) is 10.9 Å². The maximum absolute atomic E-state index is 6.28. The molecule has 2 nitrogen and oxygen atoms in total. The van der Waals surface area contributed by atoms with E-state index in [0.717, 1.165) is 16.5 Å². The standard InChI is InChI=1S/C18H17ClN2/c1-13(14-7-3-2-4-8-14)20-12-16-11-15-9-5-6-10-17(15)21-18(16)19/h2-11,13,20H,12H2,1H3. The van der Waals surface area contributed by atoms with Gasteiger partial charge in [-0.15, -0.1) is 0 Å². The molecule has 1 heterocycles. The summed E-state index contributed by atoms with van der Waals surface area (Å²) in [6.45, 7) is 2.85.